The summed E-state index contributed by atoms with van der Waals surface area (Å²) in [5.41, 5.74) is 1.84. The fourth-order valence-corrected chi connectivity index (χ4v) is 2.65. The smallest absolute Gasteiger partial charge is 0.212 e. The van der Waals surface area contributed by atoms with Crippen LogP contribution in [0.5, 0.6) is 0 Å². The van der Waals surface area contributed by atoms with Crippen LogP contribution in [0.1, 0.15) is 19.8 Å². The monoisotopic (exact) mass is 263 g/mol. The summed E-state index contributed by atoms with van der Waals surface area (Å²) in [6.45, 7) is 5.82. The number of unbranched alkanes of at least 4 members (excludes halogenated alkanes) is 1. The maximum atomic E-state index is 10.0. The van der Waals surface area contributed by atoms with Crippen molar-refractivity contribution in [2.24, 2.45) is 0 Å². The number of aliphatic hydroxyl groups excluding tert-OH is 1. The number of hydrogen-bond acceptors (Lipinski definition) is 4. The van der Waals surface area contributed by atoms with Gasteiger partial charge in [0.25, 0.3) is 0 Å². The van der Waals surface area contributed by atoms with Gasteiger partial charge >= 0.3 is 0 Å². The second-order valence-corrected chi connectivity index (χ2v) is 5.25. The van der Waals surface area contributed by atoms with Crippen LogP contribution in [-0.4, -0.2) is 21.6 Å². The van der Waals surface area contributed by atoms with E-state index >= 15 is 0 Å². The Kier molecular flexibility index (Phi) is 4.31. The molecule has 0 saturated heterocycles. The summed E-state index contributed by atoms with van der Waals surface area (Å²) in [5.74, 6) is 2.10. The molecule has 3 nitrogen and oxygen atoms in total. The summed E-state index contributed by atoms with van der Waals surface area (Å²) >= 11 is 1.75. The number of nitrogens with zero attached hydrogens (tertiary/aromatic N) is 1. The van der Waals surface area contributed by atoms with E-state index in [0.717, 1.165) is 16.5 Å². The highest BCUT2D eigenvalue weighted by Crippen LogP contribution is 2.10. The molecule has 1 aromatic carbocycles. The maximum absolute atomic E-state index is 10.0. The van der Waals surface area contributed by atoms with Crippen LogP contribution in [0.4, 0.5) is 0 Å². The van der Waals surface area contributed by atoms with Gasteiger partial charge in [-0.15, -0.1) is 0 Å². The van der Waals surface area contributed by atoms with Crippen molar-refractivity contribution in [1.82, 2.24) is 4.98 Å². The molecule has 0 aliphatic rings. The molecule has 0 bridgehead atoms. The van der Waals surface area contributed by atoms with Gasteiger partial charge < -0.3 is 9.52 Å². The van der Waals surface area contributed by atoms with E-state index in [2.05, 4.69) is 18.5 Å². The summed E-state index contributed by atoms with van der Waals surface area (Å²) in [5, 5.41) is 10.8. The average Bonchev–Trinajstić information content (AvgIpc) is 2.73. The van der Waals surface area contributed by atoms with E-state index in [9.17, 15) is 5.11 Å². The third-order valence-corrected chi connectivity index (χ3v) is 3.70. The maximum Gasteiger partial charge on any atom is 0.212 e. The molecule has 0 atom stereocenters. The fraction of sp³-hybridized carbons (Fsp3) is 0.357. The number of hydrogen-bond donors (Lipinski definition) is 1. The van der Waals surface area contributed by atoms with Crippen LogP contribution in [0.25, 0.3) is 23.4 Å². The normalized spacial score (nSPS) is 12.9. The number of rotatable bonds is 5. The van der Waals surface area contributed by atoms with Crippen molar-refractivity contribution in [3.63, 3.8) is 0 Å². The minimum absolute atomic E-state index is 0.389. The summed E-state index contributed by atoms with van der Waals surface area (Å²) in [7, 11) is 0. The molecule has 0 aliphatic heterocycles. The lowest BCUT2D eigenvalue weighted by Crippen LogP contribution is -2.06. The first-order valence-electron chi connectivity index (χ1n) is 6.06. The predicted molar refractivity (Wildman–Crippen MR) is 77.1 cm³/mol. The first-order chi connectivity index (χ1) is 8.70. The average molecular weight is 263 g/mol. The largest absolute Gasteiger partial charge is 0.511 e. The van der Waals surface area contributed by atoms with Gasteiger partial charge in [0.05, 0.1) is 5.75 Å². The molecule has 4 heteroatoms. The number of fused-ring (bicyclic) bond motifs is 1. The van der Waals surface area contributed by atoms with Crippen molar-refractivity contribution in [1.29, 1.82) is 0 Å². The van der Waals surface area contributed by atoms with Gasteiger partial charge in [-0.05, 0) is 37.0 Å². The molecule has 0 unspecified atom stereocenters. The van der Waals surface area contributed by atoms with Crippen molar-refractivity contribution in [2.45, 2.75) is 19.8 Å². The Hall–Kier alpha value is -1.42. The van der Waals surface area contributed by atoms with Crippen molar-refractivity contribution in [3.8, 4) is 0 Å². The lowest BCUT2D eigenvalue weighted by Gasteiger charge is -2.00. The van der Waals surface area contributed by atoms with Crippen molar-refractivity contribution in [2.75, 3.05) is 11.5 Å². The van der Waals surface area contributed by atoms with Gasteiger partial charge in [-0.25, -0.2) is 4.98 Å². The van der Waals surface area contributed by atoms with Crippen LogP contribution in [-0.2, 0) is 0 Å². The van der Waals surface area contributed by atoms with Gasteiger partial charge in [0, 0.05) is 5.22 Å². The molecule has 1 heterocycles. The van der Waals surface area contributed by atoms with E-state index in [1.54, 1.807) is 11.8 Å². The minimum Gasteiger partial charge on any atom is -0.511 e. The van der Waals surface area contributed by atoms with Crippen LogP contribution >= 0.6 is 11.8 Å². The molecule has 0 saturated carbocycles. The number of oxazole rings is 1. The summed E-state index contributed by atoms with van der Waals surface area (Å²) < 4.78 is 5.35. The second-order valence-electron chi connectivity index (χ2n) is 4.14. The molecular formula is C14H17NO2S. The Morgan fingerprint density at radius 2 is 2.33 bits per heavy atom. The van der Waals surface area contributed by atoms with E-state index in [-0.39, 0.29) is 0 Å². The van der Waals surface area contributed by atoms with Crippen LogP contribution in [0, 0.1) is 0 Å². The molecule has 0 aliphatic carbocycles. The molecule has 0 spiro atoms. The highest BCUT2D eigenvalue weighted by molar-refractivity contribution is 7.99. The quantitative estimate of drug-likeness (QED) is 0.842. The zero-order valence-corrected chi connectivity index (χ0v) is 11.3. The van der Waals surface area contributed by atoms with Gasteiger partial charge in [0.1, 0.15) is 11.3 Å². The Morgan fingerprint density at radius 3 is 3.11 bits per heavy atom. The van der Waals surface area contributed by atoms with Crippen LogP contribution < -0.4 is 10.8 Å². The van der Waals surface area contributed by atoms with E-state index in [4.69, 9.17) is 4.42 Å². The number of thioether (sulfide) groups is 1. The van der Waals surface area contributed by atoms with Crippen molar-refractivity contribution >= 4 is 35.2 Å². The van der Waals surface area contributed by atoms with E-state index in [1.807, 2.05) is 18.2 Å². The standard InChI is InChI=1S/C14H17NO2S/c1-3-4-7-18-9-13(16)11-5-6-12-14(8-11)17-10(2)15-12/h5-6,8,16H,2-4,7,9H2,1H3/b13-11-. The molecule has 0 radical (unpaired) electrons. The zero-order chi connectivity index (χ0) is 13.0. The molecule has 18 heavy (non-hydrogen) atoms. The lowest BCUT2D eigenvalue weighted by atomic mass is 10.2. The van der Waals surface area contributed by atoms with Crippen LogP contribution in [0.3, 0.4) is 0 Å². The summed E-state index contributed by atoms with van der Waals surface area (Å²) in [6, 6.07) is 5.52. The van der Waals surface area contributed by atoms with Gasteiger partial charge in [-0.1, -0.05) is 13.3 Å². The molecule has 96 valence electrons. The lowest BCUT2D eigenvalue weighted by molar-refractivity contribution is 0.500. The van der Waals surface area contributed by atoms with Gasteiger partial charge in [0.2, 0.25) is 5.55 Å². The third kappa shape index (κ3) is 3.07. The van der Waals surface area contributed by atoms with E-state index < -0.39 is 0 Å². The minimum atomic E-state index is 0.389. The summed E-state index contributed by atoms with van der Waals surface area (Å²) in [6.07, 6.45) is 2.37. The summed E-state index contributed by atoms with van der Waals surface area (Å²) in [4.78, 5) is 4.13. The van der Waals surface area contributed by atoms with Crippen LogP contribution in [0.2, 0.25) is 0 Å². The third-order valence-electron chi connectivity index (χ3n) is 2.65. The SMILES string of the molecule is C=c1nc2cc/c(=C(/O)CSCCCC)cc2o1. The van der Waals surface area contributed by atoms with Crippen molar-refractivity contribution in [3.05, 3.63) is 29.0 Å². The Labute approximate surface area is 110 Å². The highest BCUT2D eigenvalue weighted by atomic mass is 32.2. The zero-order valence-electron chi connectivity index (χ0n) is 10.5. The fourth-order valence-electron chi connectivity index (χ4n) is 1.65. The van der Waals surface area contributed by atoms with Gasteiger partial charge in [-0.3, -0.25) is 0 Å². The number of benzene rings is 1. The van der Waals surface area contributed by atoms with Gasteiger partial charge in [-0.2, -0.15) is 11.8 Å². The molecule has 2 aromatic rings. The van der Waals surface area contributed by atoms with E-state index in [1.165, 1.54) is 12.8 Å². The number of aromatic nitrogens is 1. The van der Waals surface area contributed by atoms with Crippen LogP contribution in [0.15, 0.2) is 22.6 Å². The molecule has 0 fully saturated rings. The second kappa shape index (κ2) is 5.96. The van der Waals surface area contributed by atoms with Crippen molar-refractivity contribution < 1.29 is 9.52 Å². The van der Waals surface area contributed by atoms with E-state index in [0.29, 0.717) is 22.6 Å². The first kappa shape index (κ1) is 13.0. The number of aliphatic hydroxyl groups is 1. The topological polar surface area (TPSA) is 46.3 Å². The molecule has 0 amide bonds. The Bertz CT molecular complexity index is 633. The molecule has 1 aromatic heterocycles. The predicted octanol–water partition coefficient (Wildman–Crippen LogP) is 2.44. The molecule has 1 N–H and O–H groups in total. The Balaban J connectivity index is 2.19. The first-order valence-corrected chi connectivity index (χ1v) is 7.21. The van der Waals surface area contributed by atoms with Gasteiger partial charge in [0.15, 0.2) is 5.58 Å². The molecule has 2 rings (SSSR count). The highest BCUT2D eigenvalue weighted by Gasteiger charge is 2.01. The Morgan fingerprint density at radius 1 is 1.50 bits per heavy atom. The molecular weight excluding hydrogens is 246 g/mol.